The Morgan fingerprint density at radius 1 is 0.864 bits per heavy atom. The standard InChI is InChI=1S/C20H19F3N2O4.C12H13N3/c1-13(14-8-6-9-16(11-14)20(21,22)23)24-29-12-15-7-4-5-10-17(15)18(25-28-3)19(26)27-2;1-9-8-10(2)14-12(13-9)15-11-6-4-3-5-7-11/h4-11H,12H2,1-3H3;3-8H,1-2H3,(H,13,14,15)/b24-13+,25-18+;. The SMILES string of the molecule is CO/N=C(/C(=O)OC)c1ccccc1CO/N=C(\C)c1cccc(C(F)(F)F)c1.Cc1cc(C)nc(Nc2ccccc2)n1. The second kappa shape index (κ2) is 15.8. The van der Waals surface area contributed by atoms with Crippen molar-refractivity contribution in [3.63, 3.8) is 0 Å². The summed E-state index contributed by atoms with van der Waals surface area (Å²) in [6.07, 6.45) is -4.44. The van der Waals surface area contributed by atoms with Gasteiger partial charge in [-0.15, -0.1) is 0 Å². The first kappa shape index (κ1) is 33.2. The Balaban J connectivity index is 0.000000293. The van der Waals surface area contributed by atoms with E-state index < -0.39 is 17.7 Å². The fourth-order valence-electron chi connectivity index (χ4n) is 3.87. The molecule has 0 saturated heterocycles. The molecular weight excluding hydrogens is 575 g/mol. The van der Waals surface area contributed by atoms with Crippen LogP contribution in [-0.4, -0.2) is 41.6 Å². The summed E-state index contributed by atoms with van der Waals surface area (Å²) in [5.41, 5.74) is 3.67. The molecule has 0 aliphatic rings. The Labute approximate surface area is 253 Å². The molecule has 0 aliphatic carbocycles. The fourth-order valence-corrected chi connectivity index (χ4v) is 3.87. The molecule has 0 spiro atoms. The Hall–Kier alpha value is -5.26. The van der Waals surface area contributed by atoms with Crippen molar-refractivity contribution in [2.75, 3.05) is 19.5 Å². The number of alkyl halides is 3. The van der Waals surface area contributed by atoms with Crippen LogP contribution in [0, 0.1) is 13.8 Å². The number of benzene rings is 3. The van der Waals surface area contributed by atoms with Crippen LogP contribution in [0.1, 0.15) is 40.6 Å². The van der Waals surface area contributed by atoms with Crippen molar-refractivity contribution >= 4 is 29.0 Å². The Morgan fingerprint density at radius 3 is 2.16 bits per heavy atom. The largest absolute Gasteiger partial charge is 0.464 e. The van der Waals surface area contributed by atoms with Crippen molar-refractivity contribution in [3.05, 3.63) is 119 Å². The number of anilines is 2. The lowest BCUT2D eigenvalue weighted by Gasteiger charge is -2.10. The van der Waals surface area contributed by atoms with Crippen molar-refractivity contribution in [1.82, 2.24) is 9.97 Å². The zero-order chi connectivity index (χ0) is 32.1. The van der Waals surface area contributed by atoms with E-state index in [1.807, 2.05) is 50.2 Å². The second-order valence-electron chi connectivity index (χ2n) is 9.27. The third-order valence-electron chi connectivity index (χ3n) is 5.88. The third kappa shape index (κ3) is 9.93. The molecule has 0 fully saturated rings. The number of aromatic nitrogens is 2. The summed E-state index contributed by atoms with van der Waals surface area (Å²) >= 11 is 0. The van der Waals surface area contributed by atoms with Gasteiger partial charge in [-0.05, 0) is 56.7 Å². The van der Waals surface area contributed by atoms with Crippen molar-refractivity contribution in [2.24, 2.45) is 10.3 Å². The van der Waals surface area contributed by atoms with Crippen LogP contribution in [0.15, 0.2) is 95.2 Å². The van der Waals surface area contributed by atoms with Crippen molar-refractivity contribution < 1.29 is 32.4 Å². The fraction of sp³-hybridized carbons (Fsp3) is 0.219. The van der Waals surface area contributed by atoms with Gasteiger partial charge < -0.3 is 19.7 Å². The van der Waals surface area contributed by atoms with Crippen LogP contribution in [0.3, 0.4) is 0 Å². The lowest BCUT2D eigenvalue weighted by Crippen LogP contribution is -2.19. The van der Waals surface area contributed by atoms with Crippen LogP contribution >= 0.6 is 0 Å². The summed E-state index contributed by atoms with van der Waals surface area (Å²) in [5.74, 6) is -0.0401. The molecule has 1 aromatic heterocycles. The van der Waals surface area contributed by atoms with E-state index in [9.17, 15) is 18.0 Å². The number of nitrogens with zero attached hydrogens (tertiary/aromatic N) is 4. The number of carbonyl (C=O) groups excluding carboxylic acids is 1. The second-order valence-corrected chi connectivity index (χ2v) is 9.27. The van der Waals surface area contributed by atoms with Gasteiger partial charge in [-0.1, -0.05) is 64.9 Å². The molecule has 1 N–H and O–H groups in total. The molecule has 0 unspecified atom stereocenters. The number of methoxy groups -OCH3 is 1. The molecule has 4 aromatic rings. The van der Waals surface area contributed by atoms with Gasteiger partial charge in [0.2, 0.25) is 5.95 Å². The number of para-hydroxylation sites is 1. The molecule has 0 bridgehead atoms. The average molecular weight is 608 g/mol. The first-order valence-electron chi connectivity index (χ1n) is 13.3. The number of esters is 1. The van der Waals surface area contributed by atoms with Gasteiger partial charge in [-0.2, -0.15) is 13.2 Å². The highest BCUT2D eigenvalue weighted by molar-refractivity contribution is 6.43. The average Bonchev–Trinajstić information content (AvgIpc) is 3.00. The Bertz CT molecular complexity index is 1590. The minimum absolute atomic E-state index is 0.0484. The van der Waals surface area contributed by atoms with Crippen LogP contribution in [0.25, 0.3) is 0 Å². The molecular formula is C32H32F3N5O4. The molecule has 0 amide bonds. The number of carbonyl (C=O) groups is 1. The Morgan fingerprint density at radius 2 is 1.52 bits per heavy atom. The Kier molecular flexibility index (Phi) is 12.0. The van der Waals surface area contributed by atoms with Crippen molar-refractivity contribution in [2.45, 2.75) is 33.6 Å². The van der Waals surface area contributed by atoms with Crippen LogP contribution in [0.5, 0.6) is 0 Å². The highest BCUT2D eigenvalue weighted by Gasteiger charge is 2.30. The van der Waals surface area contributed by atoms with Crippen molar-refractivity contribution in [1.29, 1.82) is 0 Å². The molecule has 9 nitrogen and oxygen atoms in total. The van der Waals surface area contributed by atoms with E-state index in [0.717, 1.165) is 29.2 Å². The van der Waals surface area contributed by atoms with E-state index in [1.54, 1.807) is 24.3 Å². The molecule has 12 heteroatoms. The maximum absolute atomic E-state index is 12.9. The van der Waals surface area contributed by atoms with Crippen molar-refractivity contribution in [3.8, 4) is 0 Å². The number of halogens is 3. The smallest absolute Gasteiger partial charge is 0.416 e. The number of ether oxygens (including phenoxy) is 1. The lowest BCUT2D eigenvalue weighted by molar-refractivity contribution is -0.137. The molecule has 0 saturated carbocycles. The minimum Gasteiger partial charge on any atom is -0.464 e. The summed E-state index contributed by atoms with van der Waals surface area (Å²) in [4.78, 5) is 30.6. The summed E-state index contributed by atoms with van der Waals surface area (Å²) in [7, 11) is 2.51. The number of oxime groups is 2. The minimum atomic E-state index is -4.44. The van der Waals surface area contributed by atoms with E-state index in [0.29, 0.717) is 17.1 Å². The molecule has 3 aromatic carbocycles. The first-order valence-corrected chi connectivity index (χ1v) is 13.3. The number of rotatable bonds is 9. The van der Waals surface area contributed by atoms with Gasteiger partial charge in [-0.25, -0.2) is 14.8 Å². The molecule has 1 heterocycles. The van der Waals surface area contributed by atoms with Gasteiger partial charge in [0.15, 0.2) is 5.71 Å². The lowest BCUT2D eigenvalue weighted by atomic mass is 10.0. The molecule has 230 valence electrons. The van der Waals surface area contributed by atoms with E-state index >= 15 is 0 Å². The summed E-state index contributed by atoms with van der Waals surface area (Å²) in [5, 5.41) is 10.7. The van der Waals surface area contributed by atoms with Crippen LogP contribution in [0.2, 0.25) is 0 Å². The zero-order valence-electron chi connectivity index (χ0n) is 24.8. The zero-order valence-corrected chi connectivity index (χ0v) is 24.8. The molecule has 0 atom stereocenters. The molecule has 0 aliphatic heterocycles. The number of aryl methyl sites for hydroxylation is 2. The monoisotopic (exact) mass is 607 g/mol. The number of hydrogen-bond donors (Lipinski definition) is 1. The van der Waals surface area contributed by atoms with Gasteiger partial charge in [0, 0.05) is 28.2 Å². The van der Waals surface area contributed by atoms with E-state index in [-0.39, 0.29) is 23.6 Å². The van der Waals surface area contributed by atoms with Crippen LogP contribution < -0.4 is 5.32 Å². The predicted molar refractivity (Wildman–Crippen MR) is 162 cm³/mol. The van der Waals surface area contributed by atoms with E-state index in [2.05, 4.69) is 25.6 Å². The van der Waals surface area contributed by atoms with Gasteiger partial charge in [0.1, 0.15) is 13.7 Å². The maximum atomic E-state index is 12.9. The quantitative estimate of drug-likeness (QED) is 0.124. The third-order valence-corrected chi connectivity index (χ3v) is 5.88. The van der Waals surface area contributed by atoms with Crippen LogP contribution in [-0.2, 0) is 32.0 Å². The van der Waals surface area contributed by atoms with Gasteiger partial charge in [0.05, 0.1) is 18.4 Å². The highest BCUT2D eigenvalue weighted by atomic mass is 19.4. The molecule has 0 radical (unpaired) electrons. The predicted octanol–water partition coefficient (Wildman–Crippen LogP) is 7.01. The molecule has 4 rings (SSSR count). The summed E-state index contributed by atoms with van der Waals surface area (Å²) in [6, 6.07) is 23.4. The van der Waals surface area contributed by atoms with Gasteiger partial charge in [0.25, 0.3) is 0 Å². The van der Waals surface area contributed by atoms with Crippen LogP contribution in [0.4, 0.5) is 24.8 Å². The van der Waals surface area contributed by atoms with E-state index in [1.165, 1.54) is 33.3 Å². The number of hydrogen-bond acceptors (Lipinski definition) is 9. The van der Waals surface area contributed by atoms with Gasteiger partial charge >= 0.3 is 12.1 Å². The highest BCUT2D eigenvalue weighted by Crippen LogP contribution is 2.29. The van der Waals surface area contributed by atoms with Gasteiger partial charge in [-0.3, -0.25) is 0 Å². The summed E-state index contributed by atoms with van der Waals surface area (Å²) in [6.45, 7) is 5.41. The maximum Gasteiger partial charge on any atom is 0.416 e. The van der Waals surface area contributed by atoms with E-state index in [4.69, 9.17) is 14.4 Å². The number of nitrogens with one attached hydrogen (secondary N) is 1. The normalized spacial score (nSPS) is 11.6. The first-order chi connectivity index (χ1) is 21.0. The topological polar surface area (TPSA) is 107 Å². The molecule has 44 heavy (non-hydrogen) atoms. The summed E-state index contributed by atoms with van der Waals surface area (Å²) < 4.78 is 43.3.